The highest BCUT2D eigenvalue weighted by molar-refractivity contribution is 9.10. The maximum absolute atomic E-state index is 5.94. The standard InChI is InChI=1S/C12H16BrN/c13-11-5-3-4-10(8-11)12(9-14)6-1-2-7-12/h3-5,8H,1-2,6-7,9,14H2. The van der Waals surface area contributed by atoms with Crippen LogP contribution in [0, 0.1) is 0 Å². The second-order valence-corrected chi connectivity index (χ2v) is 5.12. The zero-order valence-electron chi connectivity index (χ0n) is 8.30. The average Bonchev–Trinajstić information content (AvgIpc) is 2.67. The van der Waals surface area contributed by atoms with Gasteiger partial charge in [0, 0.05) is 16.4 Å². The van der Waals surface area contributed by atoms with Gasteiger partial charge in [-0.3, -0.25) is 0 Å². The van der Waals surface area contributed by atoms with Crippen molar-refractivity contribution in [3.05, 3.63) is 34.3 Å². The molecule has 1 nitrogen and oxygen atoms in total. The quantitative estimate of drug-likeness (QED) is 0.861. The maximum atomic E-state index is 5.94. The smallest absolute Gasteiger partial charge is 0.0178 e. The molecule has 0 aromatic heterocycles. The van der Waals surface area contributed by atoms with Crippen molar-refractivity contribution in [3.8, 4) is 0 Å². The molecule has 1 aromatic rings. The molecule has 14 heavy (non-hydrogen) atoms. The fourth-order valence-electron chi connectivity index (χ4n) is 2.48. The average molecular weight is 254 g/mol. The largest absolute Gasteiger partial charge is 0.330 e. The molecule has 0 unspecified atom stereocenters. The zero-order valence-corrected chi connectivity index (χ0v) is 9.89. The molecule has 0 atom stereocenters. The van der Waals surface area contributed by atoms with Crippen LogP contribution in [0.1, 0.15) is 31.2 Å². The molecule has 1 aromatic carbocycles. The van der Waals surface area contributed by atoms with Gasteiger partial charge in [-0.05, 0) is 30.5 Å². The Morgan fingerprint density at radius 2 is 2.00 bits per heavy atom. The third-order valence-electron chi connectivity index (χ3n) is 3.39. The van der Waals surface area contributed by atoms with Crippen molar-refractivity contribution in [2.24, 2.45) is 5.73 Å². The van der Waals surface area contributed by atoms with Crippen LogP contribution in [0.2, 0.25) is 0 Å². The summed E-state index contributed by atoms with van der Waals surface area (Å²) >= 11 is 3.52. The monoisotopic (exact) mass is 253 g/mol. The molecule has 1 fully saturated rings. The lowest BCUT2D eigenvalue weighted by atomic mass is 9.79. The van der Waals surface area contributed by atoms with Gasteiger partial charge in [0.2, 0.25) is 0 Å². The molecule has 0 amide bonds. The minimum Gasteiger partial charge on any atom is -0.330 e. The second-order valence-electron chi connectivity index (χ2n) is 4.20. The second kappa shape index (κ2) is 4.03. The maximum Gasteiger partial charge on any atom is 0.0178 e. The first-order valence-electron chi connectivity index (χ1n) is 5.23. The molecule has 1 aliphatic rings. The molecule has 0 saturated heterocycles. The number of halogens is 1. The number of rotatable bonds is 2. The predicted molar refractivity (Wildman–Crippen MR) is 63.3 cm³/mol. The first-order valence-corrected chi connectivity index (χ1v) is 6.02. The Hall–Kier alpha value is -0.340. The SMILES string of the molecule is NCC1(c2cccc(Br)c2)CCCC1. The van der Waals surface area contributed by atoms with E-state index in [2.05, 4.69) is 40.2 Å². The number of hydrogen-bond acceptors (Lipinski definition) is 1. The van der Waals surface area contributed by atoms with Crippen LogP contribution in [0.25, 0.3) is 0 Å². The number of benzene rings is 1. The van der Waals surface area contributed by atoms with Crippen LogP contribution in [0.15, 0.2) is 28.7 Å². The lowest BCUT2D eigenvalue weighted by molar-refractivity contribution is 0.453. The Balaban J connectivity index is 2.35. The number of hydrogen-bond donors (Lipinski definition) is 1. The van der Waals surface area contributed by atoms with E-state index in [1.807, 2.05) is 0 Å². The van der Waals surface area contributed by atoms with Gasteiger partial charge in [0.05, 0.1) is 0 Å². The molecule has 0 spiro atoms. The molecule has 1 aliphatic carbocycles. The van der Waals surface area contributed by atoms with Gasteiger partial charge in [0.1, 0.15) is 0 Å². The highest BCUT2D eigenvalue weighted by Crippen LogP contribution is 2.40. The van der Waals surface area contributed by atoms with E-state index in [1.165, 1.54) is 31.2 Å². The van der Waals surface area contributed by atoms with Crippen LogP contribution in [-0.2, 0) is 5.41 Å². The van der Waals surface area contributed by atoms with E-state index < -0.39 is 0 Å². The van der Waals surface area contributed by atoms with Crippen molar-refractivity contribution in [3.63, 3.8) is 0 Å². The van der Waals surface area contributed by atoms with E-state index in [0.717, 1.165) is 11.0 Å². The van der Waals surface area contributed by atoms with Crippen LogP contribution < -0.4 is 5.73 Å². The van der Waals surface area contributed by atoms with Crippen molar-refractivity contribution < 1.29 is 0 Å². The Labute approximate surface area is 93.8 Å². The van der Waals surface area contributed by atoms with Gasteiger partial charge in [-0.1, -0.05) is 40.9 Å². The van der Waals surface area contributed by atoms with Gasteiger partial charge in [0.25, 0.3) is 0 Å². The highest BCUT2D eigenvalue weighted by Gasteiger charge is 2.33. The van der Waals surface area contributed by atoms with Gasteiger partial charge < -0.3 is 5.73 Å². The zero-order chi connectivity index (χ0) is 10.0. The summed E-state index contributed by atoms with van der Waals surface area (Å²) < 4.78 is 1.16. The van der Waals surface area contributed by atoms with Crippen molar-refractivity contribution in [2.75, 3.05) is 6.54 Å². The van der Waals surface area contributed by atoms with E-state index in [4.69, 9.17) is 5.73 Å². The summed E-state index contributed by atoms with van der Waals surface area (Å²) in [7, 11) is 0. The number of nitrogens with two attached hydrogens (primary N) is 1. The summed E-state index contributed by atoms with van der Waals surface area (Å²) in [6, 6.07) is 8.61. The summed E-state index contributed by atoms with van der Waals surface area (Å²) in [5, 5.41) is 0. The van der Waals surface area contributed by atoms with E-state index in [1.54, 1.807) is 0 Å². The normalized spacial score (nSPS) is 19.9. The fraction of sp³-hybridized carbons (Fsp3) is 0.500. The molecule has 0 radical (unpaired) electrons. The minimum absolute atomic E-state index is 0.268. The van der Waals surface area contributed by atoms with Crippen LogP contribution in [0.3, 0.4) is 0 Å². The molecule has 2 rings (SSSR count). The van der Waals surface area contributed by atoms with Gasteiger partial charge in [-0.25, -0.2) is 0 Å². The lowest BCUT2D eigenvalue weighted by Crippen LogP contribution is -2.31. The minimum atomic E-state index is 0.268. The van der Waals surface area contributed by atoms with Crippen LogP contribution in [-0.4, -0.2) is 6.54 Å². The van der Waals surface area contributed by atoms with Gasteiger partial charge >= 0.3 is 0 Å². The highest BCUT2D eigenvalue weighted by atomic mass is 79.9. The Morgan fingerprint density at radius 1 is 1.29 bits per heavy atom. The van der Waals surface area contributed by atoms with Gasteiger partial charge in [-0.15, -0.1) is 0 Å². The molecule has 0 bridgehead atoms. The molecular weight excluding hydrogens is 238 g/mol. The summed E-state index contributed by atoms with van der Waals surface area (Å²) in [5.74, 6) is 0. The molecule has 2 heteroatoms. The van der Waals surface area contributed by atoms with E-state index in [0.29, 0.717) is 0 Å². The molecule has 1 saturated carbocycles. The summed E-state index contributed by atoms with van der Waals surface area (Å²) in [6.45, 7) is 0.781. The molecular formula is C12H16BrN. The van der Waals surface area contributed by atoms with E-state index in [-0.39, 0.29) is 5.41 Å². The fourth-order valence-corrected chi connectivity index (χ4v) is 2.88. The Morgan fingerprint density at radius 3 is 2.57 bits per heavy atom. The first-order chi connectivity index (χ1) is 6.77. The van der Waals surface area contributed by atoms with Crippen molar-refractivity contribution in [1.29, 1.82) is 0 Å². The van der Waals surface area contributed by atoms with Gasteiger partial charge in [-0.2, -0.15) is 0 Å². The molecule has 2 N–H and O–H groups in total. The summed E-state index contributed by atoms with van der Waals surface area (Å²) in [4.78, 5) is 0. The van der Waals surface area contributed by atoms with Crippen molar-refractivity contribution >= 4 is 15.9 Å². The third kappa shape index (κ3) is 1.73. The Bertz CT molecular complexity index is 316. The Kier molecular flexibility index (Phi) is 2.93. The first kappa shape index (κ1) is 10.2. The van der Waals surface area contributed by atoms with Crippen molar-refractivity contribution in [1.82, 2.24) is 0 Å². The summed E-state index contributed by atoms with van der Waals surface area (Å²) in [6.07, 6.45) is 5.15. The van der Waals surface area contributed by atoms with Crippen LogP contribution in [0.4, 0.5) is 0 Å². The topological polar surface area (TPSA) is 26.0 Å². The molecule has 0 heterocycles. The molecule has 76 valence electrons. The van der Waals surface area contributed by atoms with Crippen LogP contribution >= 0.6 is 15.9 Å². The van der Waals surface area contributed by atoms with Crippen molar-refractivity contribution in [2.45, 2.75) is 31.1 Å². The predicted octanol–water partition coefficient (Wildman–Crippen LogP) is 3.22. The molecule has 0 aliphatic heterocycles. The van der Waals surface area contributed by atoms with Gasteiger partial charge in [0.15, 0.2) is 0 Å². The van der Waals surface area contributed by atoms with E-state index >= 15 is 0 Å². The third-order valence-corrected chi connectivity index (χ3v) is 3.88. The lowest BCUT2D eigenvalue weighted by Gasteiger charge is -2.27. The van der Waals surface area contributed by atoms with E-state index in [9.17, 15) is 0 Å². The van der Waals surface area contributed by atoms with Crippen LogP contribution in [0.5, 0.6) is 0 Å². The summed E-state index contributed by atoms with van der Waals surface area (Å²) in [5.41, 5.74) is 7.61.